The predicted octanol–water partition coefficient (Wildman–Crippen LogP) is 4.06. The van der Waals surface area contributed by atoms with Crippen LogP contribution in [0.2, 0.25) is 0 Å². The highest BCUT2D eigenvalue weighted by atomic mass is 32.2. The van der Waals surface area contributed by atoms with Crippen molar-refractivity contribution >= 4 is 40.6 Å². The molecule has 3 heterocycles. The molecule has 0 bridgehead atoms. The number of thioether (sulfide) groups is 1. The molecule has 0 N–H and O–H groups in total. The van der Waals surface area contributed by atoms with Gasteiger partial charge in [-0.1, -0.05) is 0 Å². The number of nitro benzene ring substituents is 1. The lowest BCUT2D eigenvalue weighted by Crippen LogP contribution is -2.44. The maximum absolute atomic E-state index is 13.0. The molecule has 35 heavy (non-hydrogen) atoms. The van der Waals surface area contributed by atoms with Crippen molar-refractivity contribution in [3.8, 4) is 11.4 Å². The number of carbonyl (C=O) groups excluding carboxylic acids is 3. The molecule has 11 heteroatoms. The highest BCUT2D eigenvalue weighted by Crippen LogP contribution is 2.35. The van der Waals surface area contributed by atoms with Crippen LogP contribution >= 0.6 is 11.8 Å². The number of likely N-dealkylation sites (tertiary alicyclic amines) is 1. The van der Waals surface area contributed by atoms with E-state index in [0.717, 1.165) is 52.9 Å². The number of carbonyl (C=O) groups is 3. The standard InChI is InChI=1S/C24H26N4O6S/c1-15-11-17(16(2)27(15)19-8-7-18(28(32)33)13-20(19)34-3)12-21-23(30)26(24(31)35-21)14-22(29)25-9-5-4-6-10-25/h7-8,11-13H,4-6,9-10,14H2,1-3H3/b21-12-. The first-order valence-corrected chi connectivity index (χ1v) is 12.1. The number of nitro groups is 1. The summed E-state index contributed by atoms with van der Waals surface area (Å²) in [6.07, 6.45) is 4.59. The van der Waals surface area contributed by atoms with Gasteiger partial charge in [0.15, 0.2) is 0 Å². The Morgan fingerprint density at radius 1 is 1.17 bits per heavy atom. The number of rotatable bonds is 6. The van der Waals surface area contributed by atoms with Gasteiger partial charge in [0.1, 0.15) is 12.3 Å². The Labute approximate surface area is 206 Å². The number of methoxy groups -OCH3 is 1. The van der Waals surface area contributed by atoms with Crippen molar-refractivity contribution in [3.63, 3.8) is 0 Å². The van der Waals surface area contributed by atoms with Gasteiger partial charge in [-0.25, -0.2) is 0 Å². The summed E-state index contributed by atoms with van der Waals surface area (Å²) in [5.74, 6) is -0.358. The topological polar surface area (TPSA) is 115 Å². The van der Waals surface area contributed by atoms with Gasteiger partial charge in [0, 0.05) is 30.5 Å². The van der Waals surface area contributed by atoms with Crippen LogP contribution in [-0.2, 0) is 9.59 Å². The largest absolute Gasteiger partial charge is 0.494 e. The van der Waals surface area contributed by atoms with Gasteiger partial charge in [-0.05, 0) is 68.6 Å². The molecular weight excluding hydrogens is 472 g/mol. The molecule has 0 saturated carbocycles. The van der Waals surface area contributed by atoms with Gasteiger partial charge in [-0.15, -0.1) is 0 Å². The molecule has 184 valence electrons. The predicted molar refractivity (Wildman–Crippen MR) is 132 cm³/mol. The van der Waals surface area contributed by atoms with Crippen LogP contribution in [0.3, 0.4) is 0 Å². The maximum atomic E-state index is 13.0. The average molecular weight is 499 g/mol. The summed E-state index contributed by atoms with van der Waals surface area (Å²) < 4.78 is 7.26. The van der Waals surface area contributed by atoms with E-state index in [-0.39, 0.29) is 23.0 Å². The lowest BCUT2D eigenvalue weighted by molar-refractivity contribution is -0.384. The second-order valence-corrected chi connectivity index (χ2v) is 9.48. The Bertz CT molecular complexity index is 1240. The van der Waals surface area contributed by atoms with Gasteiger partial charge < -0.3 is 14.2 Å². The molecule has 2 aliphatic rings. The minimum atomic E-state index is -0.487. The molecule has 3 amide bonds. The first-order valence-electron chi connectivity index (χ1n) is 11.3. The highest BCUT2D eigenvalue weighted by Gasteiger charge is 2.37. The number of amides is 3. The van der Waals surface area contributed by atoms with E-state index in [0.29, 0.717) is 24.5 Å². The molecule has 10 nitrogen and oxygen atoms in total. The summed E-state index contributed by atoms with van der Waals surface area (Å²) in [5.41, 5.74) is 2.84. The lowest BCUT2D eigenvalue weighted by atomic mass is 10.1. The summed E-state index contributed by atoms with van der Waals surface area (Å²) in [7, 11) is 1.44. The van der Waals surface area contributed by atoms with E-state index in [4.69, 9.17) is 4.74 Å². The lowest BCUT2D eigenvalue weighted by Gasteiger charge is -2.27. The second-order valence-electron chi connectivity index (χ2n) is 8.48. The molecule has 0 atom stereocenters. The monoisotopic (exact) mass is 498 g/mol. The van der Waals surface area contributed by atoms with E-state index >= 15 is 0 Å². The van der Waals surface area contributed by atoms with Gasteiger partial charge in [0.25, 0.3) is 16.8 Å². The zero-order chi connectivity index (χ0) is 25.3. The van der Waals surface area contributed by atoms with Crippen LogP contribution in [0.1, 0.15) is 36.2 Å². The third kappa shape index (κ3) is 4.81. The zero-order valence-electron chi connectivity index (χ0n) is 19.8. The van der Waals surface area contributed by atoms with Gasteiger partial charge >= 0.3 is 0 Å². The molecule has 2 aromatic rings. The molecule has 0 aliphatic carbocycles. The Morgan fingerprint density at radius 2 is 1.89 bits per heavy atom. The highest BCUT2D eigenvalue weighted by molar-refractivity contribution is 8.18. The molecule has 2 saturated heterocycles. The molecule has 0 spiro atoms. The van der Waals surface area contributed by atoms with E-state index in [1.165, 1.54) is 19.2 Å². The fourth-order valence-electron chi connectivity index (χ4n) is 4.43. The number of piperidine rings is 1. The summed E-state index contributed by atoms with van der Waals surface area (Å²) >= 11 is 0.817. The van der Waals surface area contributed by atoms with E-state index in [1.54, 1.807) is 17.0 Å². The first-order chi connectivity index (χ1) is 16.7. The zero-order valence-corrected chi connectivity index (χ0v) is 20.6. The van der Waals surface area contributed by atoms with Gasteiger partial charge in [0.05, 0.1) is 28.7 Å². The minimum absolute atomic E-state index is 0.0824. The molecule has 0 unspecified atom stereocenters. The van der Waals surface area contributed by atoms with Crippen molar-refractivity contribution in [1.82, 2.24) is 14.4 Å². The van der Waals surface area contributed by atoms with Crippen molar-refractivity contribution in [2.75, 3.05) is 26.7 Å². The number of hydrogen-bond acceptors (Lipinski definition) is 7. The van der Waals surface area contributed by atoms with Crippen LogP contribution in [0.25, 0.3) is 11.8 Å². The third-order valence-corrected chi connectivity index (χ3v) is 7.16. The fraction of sp³-hybridized carbons (Fsp3) is 0.375. The Balaban J connectivity index is 1.60. The summed E-state index contributed by atoms with van der Waals surface area (Å²) in [4.78, 5) is 51.7. The Hall–Kier alpha value is -3.60. The van der Waals surface area contributed by atoms with Crippen LogP contribution in [0, 0.1) is 24.0 Å². The van der Waals surface area contributed by atoms with Gasteiger partial charge in [-0.2, -0.15) is 0 Å². The molecule has 1 aromatic carbocycles. The molecule has 1 aromatic heterocycles. The molecule has 2 aliphatic heterocycles. The second kappa shape index (κ2) is 9.95. The van der Waals surface area contributed by atoms with E-state index in [1.807, 2.05) is 24.5 Å². The number of hydrogen-bond donors (Lipinski definition) is 0. The van der Waals surface area contributed by atoms with Crippen molar-refractivity contribution in [1.29, 1.82) is 0 Å². The van der Waals surface area contributed by atoms with Crippen molar-refractivity contribution in [3.05, 3.63) is 56.2 Å². The molecule has 0 radical (unpaired) electrons. The van der Waals surface area contributed by atoms with Crippen LogP contribution in [0.15, 0.2) is 29.2 Å². The van der Waals surface area contributed by atoms with Crippen LogP contribution < -0.4 is 4.74 Å². The van der Waals surface area contributed by atoms with Crippen LogP contribution in [0.4, 0.5) is 10.5 Å². The number of non-ortho nitro benzene ring substituents is 1. The number of ether oxygens (including phenoxy) is 1. The quantitative estimate of drug-likeness (QED) is 0.335. The summed E-state index contributed by atoms with van der Waals surface area (Å²) in [6, 6.07) is 6.24. The number of nitrogens with zero attached hydrogens (tertiary/aromatic N) is 4. The van der Waals surface area contributed by atoms with E-state index in [2.05, 4.69) is 0 Å². The van der Waals surface area contributed by atoms with Crippen LogP contribution in [-0.4, -0.2) is 63.1 Å². The van der Waals surface area contributed by atoms with Crippen molar-refractivity contribution in [2.24, 2.45) is 0 Å². The summed E-state index contributed by atoms with van der Waals surface area (Å²) in [5, 5.41) is 10.7. The Morgan fingerprint density at radius 3 is 2.54 bits per heavy atom. The number of aryl methyl sites for hydroxylation is 1. The van der Waals surface area contributed by atoms with E-state index < -0.39 is 16.1 Å². The number of aromatic nitrogens is 1. The Kier molecular flexibility index (Phi) is 6.97. The SMILES string of the molecule is COc1cc([N+](=O)[O-])ccc1-n1c(C)cc(/C=C2\SC(=O)N(CC(=O)N3CCCCC3)C2=O)c1C. The molecule has 2 fully saturated rings. The smallest absolute Gasteiger partial charge is 0.294 e. The van der Waals surface area contributed by atoms with Crippen molar-refractivity contribution < 1.29 is 24.0 Å². The van der Waals surface area contributed by atoms with Crippen LogP contribution in [0.5, 0.6) is 5.75 Å². The maximum Gasteiger partial charge on any atom is 0.294 e. The molecule has 4 rings (SSSR count). The average Bonchev–Trinajstić information content (AvgIpc) is 3.27. The van der Waals surface area contributed by atoms with Crippen molar-refractivity contribution in [2.45, 2.75) is 33.1 Å². The normalized spacial score (nSPS) is 17.4. The fourth-order valence-corrected chi connectivity index (χ4v) is 5.25. The minimum Gasteiger partial charge on any atom is -0.494 e. The van der Waals surface area contributed by atoms with Gasteiger partial charge in [0.2, 0.25) is 5.91 Å². The number of imide groups is 1. The summed E-state index contributed by atoms with van der Waals surface area (Å²) in [6.45, 7) is 4.78. The van der Waals surface area contributed by atoms with E-state index in [9.17, 15) is 24.5 Å². The first kappa shape index (κ1) is 24.5. The number of benzene rings is 1. The molecular formula is C24H26N4O6S. The third-order valence-electron chi connectivity index (χ3n) is 6.25. The van der Waals surface area contributed by atoms with Gasteiger partial charge in [-0.3, -0.25) is 29.4 Å².